The topological polar surface area (TPSA) is 41.5 Å². The van der Waals surface area contributed by atoms with Crippen LogP contribution in [0, 0.1) is 0 Å². The van der Waals surface area contributed by atoms with Gasteiger partial charge in [0.1, 0.15) is 5.75 Å². The minimum atomic E-state index is -0.301. The van der Waals surface area contributed by atoms with Crippen molar-refractivity contribution in [3.63, 3.8) is 0 Å². The quantitative estimate of drug-likeness (QED) is 0.877. The number of aliphatic hydroxyl groups excluding tert-OH is 1. The van der Waals surface area contributed by atoms with Crippen molar-refractivity contribution in [3.8, 4) is 5.75 Å². The molecule has 1 aliphatic rings. The lowest BCUT2D eigenvalue weighted by Crippen LogP contribution is -2.35. The van der Waals surface area contributed by atoms with Crippen molar-refractivity contribution in [1.29, 1.82) is 0 Å². The summed E-state index contributed by atoms with van der Waals surface area (Å²) in [5.41, 5.74) is 0. The van der Waals surface area contributed by atoms with E-state index >= 15 is 0 Å². The fourth-order valence-electron chi connectivity index (χ4n) is 2.10. The molecule has 1 aliphatic heterocycles. The number of halogens is 1. The maximum Gasteiger partial charge on any atom is 0.120 e. The Morgan fingerprint density at radius 3 is 3.12 bits per heavy atom. The van der Waals surface area contributed by atoms with Crippen molar-refractivity contribution in [3.05, 3.63) is 28.7 Å². The zero-order chi connectivity index (χ0) is 12.1. The normalized spacial score (nSPS) is 21.4. The average molecular weight is 300 g/mol. The molecule has 1 heterocycles. The second-order valence-electron chi connectivity index (χ2n) is 4.36. The third-order valence-corrected chi connectivity index (χ3v) is 3.53. The molecule has 17 heavy (non-hydrogen) atoms. The first-order chi connectivity index (χ1) is 8.25. The number of nitrogens with one attached hydrogen (secondary N) is 1. The molecule has 94 valence electrons. The van der Waals surface area contributed by atoms with E-state index in [0.717, 1.165) is 29.6 Å². The lowest BCUT2D eigenvalue weighted by molar-refractivity contribution is 0.107. The molecule has 0 spiro atoms. The van der Waals surface area contributed by atoms with E-state index in [1.807, 2.05) is 24.3 Å². The summed E-state index contributed by atoms with van der Waals surface area (Å²) in [4.78, 5) is 0. The van der Waals surface area contributed by atoms with Crippen LogP contribution < -0.4 is 10.1 Å². The molecule has 1 aromatic rings. The number of rotatable bonds is 5. The van der Waals surface area contributed by atoms with Crippen molar-refractivity contribution in [2.75, 3.05) is 13.2 Å². The first-order valence-electron chi connectivity index (χ1n) is 6.05. The van der Waals surface area contributed by atoms with Crippen LogP contribution >= 0.6 is 15.9 Å². The summed E-state index contributed by atoms with van der Waals surface area (Å²) in [6, 6.07) is 8.00. The molecule has 0 amide bonds. The summed E-state index contributed by atoms with van der Waals surface area (Å²) in [6.45, 7) is 1.57. The first kappa shape index (κ1) is 12.9. The summed E-state index contributed by atoms with van der Waals surface area (Å²) >= 11 is 3.40. The van der Waals surface area contributed by atoms with Crippen LogP contribution in [0.1, 0.15) is 19.3 Å². The Bertz CT molecular complexity index is 353. The van der Waals surface area contributed by atoms with Gasteiger partial charge in [0.05, 0.1) is 12.7 Å². The summed E-state index contributed by atoms with van der Waals surface area (Å²) in [5.74, 6) is 0.839. The Balaban J connectivity index is 1.71. The summed E-state index contributed by atoms with van der Waals surface area (Å²) in [5, 5.41) is 13.2. The Labute approximate surface area is 110 Å². The molecule has 0 radical (unpaired) electrons. The number of hydrogen-bond acceptors (Lipinski definition) is 3. The van der Waals surface area contributed by atoms with E-state index in [4.69, 9.17) is 4.74 Å². The van der Waals surface area contributed by atoms with Crippen molar-refractivity contribution in [1.82, 2.24) is 5.32 Å². The van der Waals surface area contributed by atoms with Crippen molar-refractivity contribution in [2.24, 2.45) is 0 Å². The van der Waals surface area contributed by atoms with Gasteiger partial charge < -0.3 is 15.2 Å². The van der Waals surface area contributed by atoms with Gasteiger partial charge in [0, 0.05) is 16.9 Å². The SMILES string of the molecule is OC(CCOc1cccc(Br)c1)C1CCCN1. The van der Waals surface area contributed by atoms with E-state index in [9.17, 15) is 5.11 Å². The lowest BCUT2D eigenvalue weighted by Gasteiger charge is -2.18. The van der Waals surface area contributed by atoms with Gasteiger partial charge in [-0.2, -0.15) is 0 Å². The highest BCUT2D eigenvalue weighted by Crippen LogP contribution is 2.18. The fraction of sp³-hybridized carbons (Fsp3) is 0.538. The Kier molecular flexibility index (Phi) is 4.83. The van der Waals surface area contributed by atoms with Crippen LogP contribution in [-0.4, -0.2) is 30.4 Å². The van der Waals surface area contributed by atoms with Crippen molar-refractivity contribution < 1.29 is 9.84 Å². The summed E-state index contributed by atoms with van der Waals surface area (Å²) in [6.07, 6.45) is 2.60. The van der Waals surface area contributed by atoms with Gasteiger partial charge in [-0.05, 0) is 37.6 Å². The molecule has 3 nitrogen and oxygen atoms in total. The molecule has 2 atom stereocenters. The third kappa shape index (κ3) is 3.98. The summed E-state index contributed by atoms with van der Waals surface area (Å²) in [7, 11) is 0. The van der Waals surface area contributed by atoms with Crippen molar-refractivity contribution in [2.45, 2.75) is 31.4 Å². The van der Waals surface area contributed by atoms with Crippen LogP contribution in [-0.2, 0) is 0 Å². The molecule has 1 fully saturated rings. The molecule has 1 saturated heterocycles. The van der Waals surface area contributed by atoms with Gasteiger partial charge in [-0.3, -0.25) is 0 Å². The predicted molar refractivity (Wildman–Crippen MR) is 71.3 cm³/mol. The first-order valence-corrected chi connectivity index (χ1v) is 6.85. The fourth-order valence-corrected chi connectivity index (χ4v) is 2.47. The van der Waals surface area contributed by atoms with Crippen LogP contribution in [0.5, 0.6) is 5.75 Å². The molecular weight excluding hydrogens is 282 g/mol. The molecule has 4 heteroatoms. The van der Waals surface area contributed by atoms with E-state index in [1.54, 1.807) is 0 Å². The standard InChI is InChI=1S/C13H18BrNO2/c14-10-3-1-4-11(9-10)17-8-6-13(16)12-5-2-7-15-12/h1,3-4,9,12-13,15-16H,2,5-8H2. The largest absolute Gasteiger partial charge is 0.493 e. The molecule has 2 unspecified atom stereocenters. The molecule has 1 aromatic carbocycles. The van der Waals surface area contributed by atoms with Gasteiger partial charge in [-0.25, -0.2) is 0 Å². The van der Waals surface area contributed by atoms with Gasteiger partial charge in [-0.1, -0.05) is 22.0 Å². The minimum Gasteiger partial charge on any atom is -0.493 e. The number of hydrogen-bond donors (Lipinski definition) is 2. The van der Waals surface area contributed by atoms with E-state index in [-0.39, 0.29) is 12.1 Å². The van der Waals surface area contributed by atoms with Crippen LogP contribution in [0.15, 0.2) is 28.7 Å². The second kappa shape index (κ2) is 6.38. The highest BCUT2D eigenvalue weighted by atomic mass is 79.9. The maximum absolute atomic E-state index is 9.93. The van der Waals surface area contributed by atoms with Crippen molar-refractivity contribution >= 4 is 15.9 Å². The van der Waals surface area contributed by atoms with E-state index in [0.29, 0.717) is 13.0 Å². The maximum atomic E-state index is 9.93. The number of aliphatic hydroxyl groups is 1. The highest BCUT2D eigenvalue weighted by Gasteiger charge is 2.22. The van der Waals surface area contributed by atoms with Crippen LogP contribution in [0.2, 0.25) is 0 Å². The Morgan fingerprint density at radius 1 is 1.53 bits per heavy atom. The van der Waals surface area contributed by atoms with Crippen LogP contribution in [0.4, 0.5) is 0 Å². The molecular formula is C13H18BrNO2. The van der Waals surface area contributed by atoms with E-state index in [2.05, 4.69) is 21.2 Å². The van der Waals surface area contributed by atoms with Crippen LogP contribution in [0.3, 0.4) is 0 Å². The van der Waals surface area contributed by atoms with E-state index in [1.165, 1.54) is 0 Å². The third-order valence-electron chi connectivity index (χ3n) is 3.04. The molecule has 0 saturated carbocycles. The smallest absolute Gasteiger partial charge is 0.120 e. The molecule has 2 N–H and O–H groups in total. The molecule has 2 rings (SSSR count). The monoisotopic (exact) mass is 299 g/mol. The Hall–Kier alpha value is -0.580. The number of benzene rings is 1. The van der Waals surface area contributed by atoms with Gasteiger partial charge in [0.2, 0.25) is 0 Å². The van der Waals surface area contributed by atoms with Gasteiger partial charge in [-0.15, -0.1) is 0 Å². The van der Waals surface area contributed by atoms with Crippen LogP contribution in [0.25, 0.3) is 0 Å². The minimum absolute atomic E-state index is 0.251. The summed E-state index contributed by atoms with van der Waals surface area (Å²) < 4.78 is 6.61. The molecule has 0 bridgehead atoms. The second-order valence-corrected chi connectivity index (χ2v) is 5.28. The molecule has 0 aliphatic carbocycles. The molecule has 0 aromatic heterocycles. The zero-order valence-electron chi connectivity index (χ0n) is 9.73. The highest BCUT2D eigenvalue weighted by molar-refractivity contribution is 9.10. The van der Waals surface area contributed by atoms with Gasteiger partial charge in [0.25, 0.3) is 0 Å². The number of ether oxygens (including phenoxy) is 1. The Morgan fingerprint density at radius 2 is 2.41 bits per heavy atom. The van der Waals surface area contributed by atoms with Gasteiger partial charge >= 0.3 is 0 Å². The van der Waals surface area contributed by atoms with E-state index < -0.39 is 0 Å². The lowest BCUT2D eigenvalue weighted by atomic mass is 10.1. The van der Waals surface area contributed by atoms with Gasteiger partial charge in [0.15, 0.2) is 0 Å². The average Bonchev–Trinajstić information content (AvgIpc) is 2.82. The zero-order valence-corrected chi connectivity index (χ0v) is 11.3. The predicted octanol–water partition coefficient (Wildman–Crippen LogP) is 2.33.